The van der Waals surface area contributed by atoms with Gasteiger partial charge in [-0.1, -0.05) is 44.2 Å². The van der Waals surface area contributed by atoms with Crippen LogP contribution in [0.15, 0.2) is 65.1 Å². The highest BCUT2D eigenvalue weighted by Crippen LogP contribution is 2.23. The third kappa shape index (κ3) is 4.81. The number of aliphatic hydroxyl groups excluding tert-OH is 1. The Kier molecular flexibility index (Phi) is 6.96. The van der Waals surface area contributed by atoms with Gasteiger partial charge in [0.2, 0.25) is 0 Å². The lowest BCUT2D eigenvalue weighted by Crippen LogP contribution is -2.02. The maximum atomic E-state index is 11.0. The highest BCUT2D eigenvalue weighted by Gasteiger charge is 2.16. The Labute approximate surface area is 131 Å². The third-order valence-corrected chi connectivity index (χ3v) is 3.01. The molecule has 0 aromatic heterocycles. The number of aliphatic hydroxyl groups is 1. The molecule has 1 aliphatic carbocycles. The van der Waals surface area contributed by atoms with Crippen LogP contribution in [0.1, 0.15) is 32.8 Å². The zero-order valence-electron chi connectivity index (χ0n) is 13.2. The number of carboxylic acid groups (broad SMARTS) is 1. The van der Waals surface area contributed by atoms with Crippen LogP contribution in [0.4, 0.5) is 0 Å². The minimum atomic E-state index is -1.14. The summed E-state index contributed by atoms with van der Waals surface area (Å²) < 4.78 is 5.70. The summed E-state index contributed by atoms with van der Waals surface area (Å²) in [5.41, 5.74) is 1.63. The number of carboxylic acids is 1. The molecule has 4 heteroatoms. The number of hydrogen-bond donors (Lipinski definition) is 2. The molecule has 0 saturated heterocycles. The lowest BCUT2D eigenvalue weighted by Gasteiger charge is -2.10. The summed E-state index contributed by atoms with van der Waals surface area (Å²) in [5.74, 6) is -0.702. The van der Waals surface area contributed by atoms with Gasteiger partial charge in [-0.25, -0.2) is 4.79 Å². The Morgan fingerprint density at radius 1 is 1.23 bits per heavy atom. The second-order valence-corrected chi connectivity index (χ2v) is 4.54. The second-order valence-electron chi connectivity index (χ2n) is 4.54. The molecule has 0 spiro atoms. The Morgan fingerprint density at radius 2 is 1.86 bits per heavy atom. The average molecular weight is 302 g/mol. The van der Waals surface area contributed by atoms with Crippen LogP contribution in [0, 0.1) is 0 Å². The van der Waals surface area contributed by atoms with Gasteiger partial charge in [-0.05, 0) is 30.2 Å². The van der Waals surface area contributed by atoms with Crippen LogP contribution in [0.5, 0.6) is 0 Å². The summed E-state index contributed by atoms with van der Waals surface area (Å²) in [7, 11) is 0. The first-order valence-corrected chi connectivity index (χ1v) is 7.29. The molecule has 0 heterocycles. The van der Waals surface area contributed by atoms with E-state index in [4.69, 9.17) is 9.84 Å². The lowest BCUT2D eigenvalue weighted by molar-refractivity contribution is -0.132. The van der Waals surface area contributed by atoms with Crippen molar-refractivity contribution < 1.29 is 19.7 Å². The van der Waals surface area contributed by atoms with Crippen molar-refractivity contribution in [3.05, 3.63) is 70.7 Å². The molecule has 0 unspecified atom stereocenters. The minimum absolute atomic E-state index is 0.0861. The van der Waals surface area contributed by atoms with Crippen molar-refractivity contribution in [2.45, 2.75) is 33.8 Å². The molecule has 118 valence electrons. The number of benzene rings is 1. The minimum Gasteiger partial charge on any atom is -0.511 e. The van der Waals surface area contributed by atoms with E-state index in [-0.39, 0.29) is 17.8 Å². The molecule has 0 fully saturated rings. The van der Waals surface area contributed by atoms with E-state index in [2.05, 4.69) is 0 Å². The lowest BCUT2D eigenvalue weighted by atomic mass is 10.1. The summed E-state index contributed by atoms with van der Waals surface area (Å²) >= 11 is 0. The molecule has 22 heavy (non-hydrogen) atoms. The van der Waals surface area contributed by atoms with Gasteiger partial charge in [0, 0.05) is 6.42 Å². The predicted molar refractivity (Wildman–Crippen MR) is 86.3 cm³/mol. The largest absolute Gasteiger partial charge is 0.511 e. The predicted octanol–water partition coefficient (Wildman–Crippen LogP) is 4.36. The molecule has 2 rings (SSSR count). The molecule has 0 amide bonds. The van der Waals surface area contributed by atoms with E-state index in [1.165, 1.54) is 6.08 Å². The zero-order valence-corrected chi connectivity index (χ0v) is 13.2. The molecule has 1 aromatic rings. The standard InChI is InChI=1S/C16H16O4.C2H6/c1-11-9-13(16(18)19)14(17)7-8-15(11)20-10-12-5-3-2-4-6-12;1-2/h2-6,8-9,17H,7,10H2,1H3,(H,18,19);1-2H3. The van der Waals surface area contributed by atoms with Crippen molar-refractivity contribution in [2.75, 3.05) is 0 Å². The van der Waals surface area contributed by atoms with E-state index in [9.17, 15) is 9.90 Å². The number of ether oxygens (including phenoxy) is 1. The van der Waals surface area contributed by atoms with Gasteiger partial charge in [0.25, 0.3) is 0 Å². The highest BCUT2D eigenvalue weighted by atomic mass is 16.5. The Balaban J connectivity index is 0.00000116. The maximum absolute atomic E-state index is 11.0. The van der Waals surface area contributed by atoms with Gasteiger partial charge in [-0.3, -0.25) is 0 Å². The van der Waals surface area contributed by atoms with Gasteiger partial charge in [0.15, 0.2) is 0 Å². The fourth-order valence-electron chi connectivity index (χ4n) is 1.92. The van der Waals surface area contributed by atoms with Crippen LogP contribution in [0.3, 0.4) is 0 Å². The molecular formula is C18H22O4. The summed E-state index contributed by atoms with van der Waals surface area (Å²) in [6.07, 6.45) is 3.28. The van der Waals surface area contributed by atoms with E-state index in [1.807, 2.05) is 44.2 Å². The van der Waals surface area contributed by atoms with Gasteiger partial charge >= 0.3 is 5.97 Å². The van der Waals surface area contributed by atoms with Crippen molar-refractivity contribution >= 4 is 5.97 Å². The van der Waals surface area contributed by atoms with Crippen molar-refractivity contribution in [3.8, 4) is 0 Å². The second kappa shape index (κ2) is 8.72. The van der Waals surface area contributed by atoms with E-state index < -0.39 is 5.97 Å². The van der Waals surface area contributed by atoms with Crippen LogP contribution >= 0.6 is 0 Å². The molecule has 4 nitrogen and oxygen atoms in total. The van der Waals surface area contributed by atoms with Crippen LogP contribution in [0.25, 0.3) is 0 Å². The third-order valence-electron chi connectivity index (χ3n) is 3.01. The van der Waals surface area contributed by atoms with Crippen LogP contribution in [0.2, 0.25) is 0 Å². The van der Waals surface area contributed by atoms with E-state index >= 15 is 0 Å². The highest BCUT2D eigenvalue weighted by molar-refractivity contribution is 5.91. The molecule has 0 bridgehead atoms. The summed E-state index contributed by atoms with van der Waals surface area (Å²) in [6, 6.07) is 9.70. The topological polar surface area (TPSA) is 66.8 Å². The van der Waals surface area contributed by atoms with Crippen LogP contribution in [-0.4, -0.2) is 16.2 Å². The monoisotopic (exact) mass is 302 g/mol. The van der Waals surface area contributed by atoms with Crippen molar-refractivity contribution in [3.63, 3.8) is 0 Å². The average Bonchev–Trinajstić information content (AvgIpc) is 2.68. The van der Waals surface area contributed by atoms with E-state index in [0.29, 0.717) is 17.9 Å². The number of rotatable bonds is 4. The number of aliphatic carboxylic acids is 1. The number of carbonyl (C=O) groups is 1. The molecule has 0 saturated carbocycles. The first kappa shape index (κ1) is 17.6. The Hall–Kier alpha value is -2.49. The fourth-order valence-corrected chi connectivity index (χ4v) is 1.92. The van der Waals surface area contributed by atoms with Gasteiger partial charge in [0.05, 0.1) is 5.57 Å². The molecule has 0 atom stereocenters. The first-order chi connectivity index (χ1) is 10.6. The van der Waals surface area contributed by atoms with Crippen molar-refractivity contribution in [1.82, 2.24) is 0 Å². The van der Waals surface area contributed by atoms with Gasteiger partial charge in [-0.2, -0.15) is 0 Å². The number of hydrogen-bond acceptors (Lipinski definition) is 3. The Bertz CT molecular complexity index is 595. The molecule has 0 radical (unpaired) electrons. The zero-order chi connectivity index (χ0) is 16.5. The van der Waals surface area contributed by atoms with Gasteiger partial charge in [0.1, 0.15) is 18.1 Å². The maximum Gasteiger partial charge on any atom is 0.339 e. The Morgan fingerprint density at radius 3 is 2.45 bits per heavy atom. The smallest absolute Gasteiger partial charge is 0.339 e. The molecule has 2 N–H and O–H groups in total. The van der Waals surface area contributed by atoms with Crippen LogP contribution in [-0.2, 0) is 16.1 Å². The molecule has 0 aliphatic heterocycles. The summed E-state index contributed by atoms with van der Waals surface area (Å²) in [5, 5.41) is 18.7. The fraction of sp³-hybridized carbons (Fsp3) is 0.278. The van der Waals surface area contributed by atoms with Crippen molar-refractivity contribution in [2.24, 2.45) is 0 Å². The molecule has 1 aliphatic rings. The molecular weight excluding hydrogens is 280 g/mol. The molecule has 1 aromatic carbocycles. The van der Waals surface area contributed by atoms with Gasteiger partial charge < -0.3 is 14.9 Å². The van der Waals surface area contributed by atoms with E-state index in [0.717, 1.165) is 5.56 Å². The normalized spacial score (nSPS) is 14.1. The first-order valence-electron chi connectivity index (χ1n) is 7.29. The number of allylic oxidation sites excluding steroid dienone is 2. The summed E-state index contributed by atoms with van der Waals surface area (Å²) in [6.45, 7) is 6.17. The quantitative estimate of drug-likeness (QED) is 0.867. The van der Waals surface area contributed by atoms with Crippen molar-refractivity contribution in [1.29, 1.82) is 0 Å². The van der Waals surface area contributed by atoms with Gasteiger partial charge in [-0.15, -0.1) is 0 Å². The summed E-state index contributed by atoms with van der Waals surface area (Å²) in [4.78, 5) is 11.0. The van der Waals surface area contributed by atoms with E-state index in [1.54, 1.807) is 13.0 Å². The SMILES string of the molecule is CC.CC1=CC(C(=O)O)=C(O)CC=C1OCc1ccccc1. The van der Waals surface area contributed by atoms with Crippen LogP contribution < -0.4 is 0 Å².